The van der Waals surface area contributed by atoms with Crippen molar-refractivity contribution in [1.82, 2.24) is 19.5 Å². The normalized spacial score (nSPS) is 35.4. The van der Waals surface area contributed by atoms with Gasteiger partial charge in [-0.15, -0.1) is 4.52 Å². The molecule has 0 spiro atoms. The van der Waals surface area contributed by atoms with Crippen LogP contribution in [0.15, 0.2) is 11.1 Å². The predicted molar refractivity (Wildman–Crippen MR) is 121 cm³/mol. The number of phosphoric acid groups is 1. The summed E-state index contributed by atoms with van der Waals surface area (Å²) in [6.07, 6.45) is -14.4. The number of phosphoric ester groups is 1. The maximum Gasteiger partial charge on any atom is 0.708 e. The van der Waals surface area contributed by atoms with Gasteiger partial charge < -0.3 is 45.5 Å². The van der Waals surface area contributed by atoms with E-state index in [1.54, 1.807) is 0 Å². The zero-order valence-electron chi connectivity index (χ0n) is 19.4. The lowest BCUT2D eigenvalue weighted by Crippen LogP contribution is -2.43. The van der Waals surface area contributed by atoms with Crippen LogP contribution in [0.1, 0.15) is 12.6 Å². The molecule has 2 aliphatic rings. The molecule has 2 aromatic rings. The fraction of sp³-hybridized carbons (Fsp3) is 0.647. The van der Waals surface area contributed by atoms with Crippen LogP contribution in [0, 0.1) is 0 Å². The number of carbonyl (C=O) groups is 1. The Morgan fingerprint density at radius 3 is 2.62 bits per heavy atom. The molecular weight excluding hydrogens is 576 g/mol. The molecule has 2 saturated heterocycles. The fourth-order valence-corrected chi connectivity index (χ4v) is 5.59. The Morgan fingerprint density at radius 2 is 1.92 bits per heavy atom. The van der Waals surface area contributed by atoms with E-state index in [1.165, 1.54) is 0 Å². The van der Waals surface area contributed by atoms with Crippen LogP contribution < -0.4 is 11.3 Å². The van der Waals surface area contributed by atoms with E-state index in [0.717, 1.165) is 10.9 Å². The fourth-order valence-electron chi connectivity index (χ4n) is 3.87. The number of anilines is 1. The van der Waals surface area contributed by atoms with Gasteiger partial charge in [0.15, 0.2) is 23.7 Å². The molecule has 9 N–H and O–H groups in total. The number of ether oxygens (including phenoxy) is 2. The largest absolute Gasteiger partial charge is 0.708 e. The SMILES string of the molecule is Nc1nc2c(ncn2C2OC(CO[P+](=O)OP(=O)(O)OC3OC(C=O)CC(O)C(O)C3O)C(O)C2O)c(=O)[nH]1. The number of hydrogen-bond donors (Lipinski definition) is 8. The highest BCUT2D eigenvalue weighted by Crippen LogP contribution is 2.54. The minimum absolute atomic E-state index is 0.0702. The molecule has 0 bridgehead atoms. The maximum atomic E-state index is 12.3. The van der Waals surface area contributed by atoms with Crippen LogP contribution >= 0.6 is 16.1 Å². The molecule has 2 aliphatic heterocycles. The third kappa shape index (κ3) is 6.39. The molecular formula is C17H24N5O15P2+. The van der Waals surface area contributed by atoms with Crippen molar-refractivity contribution in [3.8, 4) is 0 Å². The van der Waals surface area contributed by atoms with E-state index in [0.29, 0.717) is 0 Å². The van der Waals surface area contributed by atoms with Crippen molar-refractivity contribution in [3.05, 3.63) is 16.7 Å². The van der Waals surface area contributed by atoms with Gasteiger partial charge in [0.2, 0.25) is 5.95 Å². The van der Waals surface area contributed by atoms with Gasteiger partial charge in [0.25, 0.3) is 5.56 Å². The van der Waals surface area contributed by atoms with Crippen molar-refractivity contribution in [2.45, 2.75) is 61.7 Å². The lowest BCUT2D eigenvalue weighted by Gasteiger charge is -2.25. The standard InChI is InChI=1S/C17H23N5O15P2/c18-17-20-13-8(14(29)21-17)19-4-22(13)15-11(27)10(26)7(35-15)3-33-38(30)37-39(31,32)36-16-12(28)9(25)6(24)1-5(2-23)34-16/h2,4-7,9-12,15-16,24-28H,1,3H2,(H3-,18,20,21,29,31,32)/p+1. The first-order valence-corrected chi connectivity index (χ1v) is 13.6. The number of carbonyl (C=O) groups excluding carboxylic acids is 1. The Balaban J connectivity index is 1.37. The molecule has 216 valence electrons. The van der Waals surface area contributed by atoms with E-state index in [1.807, 2.05) is 0 Å². The monoisotopic (exact) mass is 600 g/mol. The molecule has 11 unspecified atom stereocenters. The first kappa shape index (κ1) is 29.7. The number of rotatable bonds is 9. The second kappa shape index (κ2) is 11.7. The molecule has 39 heavy (non-hydrogen) atoms. The number of hydrogen-bond acceptors (Lipinski definition) is 17. The number of aromatic amines is 1. The highest BCUT2D eigenvalue weighted by molar-refractivity contribution is 7.56. The summed E-state index contributed by atoms with van der Waals surface area (Å²) in [5.41, 5.74) is 4.67. The van der Waals surface area contributed by atoms with Crippen molar-refractivity contribution >= 4 is 39.5 Å². The van der Waals surface area contributed by atoms with Crippen LogP contribution in [0.4, 0.5) is 5.95 Å². The molecule has 11 atom stereocenters. The summed E-state index contributed by atoms with van der Waals surface area (Å²) in [5, 5.41) is 50.4. The quantitative estimate of drug-likeness (QED) is 0.102. The highest BCUT2D eigenvalue weighted by Gasteiger charge is 2.49. The van der Waals surface area contributed by atoms with Crippen LogP contribution in [-0.2, 0) is 36.8 Å². The van der Waals surface area contributed by atoms with E-state index < -0.39 is 89.9 Å². The van der Waals surface area contributed by atoms with Gasteiger partial charge in [0, 0.05) is 11.0 Å². The topological polar surface area (TPSA) is 308 Å². The molecule has 0 amide bonds. The lowest BCUT2D eigenvalue weighted by molar-refractivity contribution is -0.188. The predicted octanol–water partition coefficient (Wildman–Crippen LogP) is -3.47. The van der Waals surface area contributed by atoms with Crippen LogP contribution in [0.3, 0.4) is 0 Å². The van der Waals surface area contributed by atoms with E-state index >= 15 is 0 Å². The van der Waals surface area contributed by atoms with Crippen molar-refractivity contribution in [2.24, 2.45) is 0 Å². The molecule has 2 fully saturated rings. The number of aldehydes is 1. The molecule has 4 heterocycles. The summed E-state index contributed by atoms with van der Waals surface area (Å²) in [6, 6.07) is 0. The van der Waals surface area contributed by atoms with Gasteiger partial charge in [-0.05, 0) is 4.31 Å². The second-order valence-corrected chi connectivity index (χ2v) is 11.0. The van der Waals surface area contributed by atoms with Gasteiger partial charge in [-0.25, -0.2) is 9.55 Å². The smallest absolute Gasteiger partial charge is 0.390 e. The van der Waals surface area contributed by atoms with E-state index in [2.05, 4.69) is 23.8 Å². The Morgan fingerprint density at radius 1 is 1.21 bits per heavy atom. The molecule has 0 radical (unpaired) electrons. The van der Waals surface area contributed by atoms with E-state index in [4.69, 9.17) is 19.7 Å². The van der Waals surface area contributed by atoms with Crippen LogP contribution in [-0.4, -0.2) is 112 Å². The molecule has 0 aromatic carbocycles. The van der Waals surface area contributed by atoms with Gasteiger partial charge in [0.05, 0.1) is 12.4 Å². The number of nitrogens with zero attached hydrogens (tertiary/aromatic N) is 3. The molecule has 20 nitrogen and oxygen atoms in total. The first-order valence-electron chi connectivity index (χ1n) is 11.0. The summed E-state index contributed by atoms with van der Waals surface area (Å²) in [5.74, 6) is -0.249. The number of aliphatic hydroxyl groups is 5. The highest BCUT2D eigenvalue weighted by atomic mass is 31.2. The van der Waals surface area contributed by atoms with Crippen LogP contribution in [0.25, 0.3) is 11.2 Å². The van der Waals surface area contributed by atoms with Crippen molar-refractivity contribution < 1.29 is 67.2 Å². The number of aromatic nitrogens is 4. The second-order valence-electron chi connectivity index (χ2n) is 8.46. The van der Waals surface area contributed by atoms with Crippen LogP contribution in [0.2, 0.25) is 0 Å². The lowest BCUT2D eigenvalue weighted by atomic mass is 10.0. The van der Waals surface area contributed by atoms with Crippen molar-refractivity contribution in [3.63, 3.8) is 0 Å². The zero-order chi connectivity index (χ0) is 28.6. The summed E-state index contributed by atoms with van der Waals surface area (Å²) in [7, 11) is -8.82. The van der Waals surface area contributed by atoms with Crippen LogP contribution in [0.5, 0.6) is 0 Å². The van der Waals surface area contributed by atoms with Gasteiger partial charge >= 0.3 is 16.1 Å². The average molecular weight is 600 g/mol. The minimum Gasteiger partial charge on any atom is -0.390 e. The molecule has 4 rings (SSSR count). The van der Waals surface area contributed by atoms with Gasteiger partial charge in [-0.3, -0.25) is 23.8 Å². The number of aliphatic hydroxyl groups excluding tert-OH is 5. The summed E-state index contributed by atoms with van der Waals surface area (Å²) >= 11 is 0. The first-order chi connectivity index (χ1) is 18.3. The number of H-pyrrole nitrogens is 1. The molecule has 0 saturated carbocycles. The summed E-state index contributed by atoms with van der Waals surface area (Å²) < 4.78 is 49.8. The Kier molecular flexibility index (Phi) is 8.89. The Bertz CT molecular complexity index is 1320. The number of nitrogens with two attached hydrogens (primary N) is 1. The third-order valence-corrected chi connectivity index (χ3v) is 7.96. The van der Waals surface area contributed by atoms with Crippen molar-refractivity contribution in [1.29, 1.82) is 0 Å². The summed E-state index contributed by atoms with van der Waals surface area (Å²) in [4.78, 5) is 42.9. The van der Waals surface area contributed by atoms with Gasteiger partial charge in [0.1, 0.15) is 49.5 Å². The van der Waals surface area contributed by atoms with Gasteiger partial charge in [-0.1, -0.05) is 0 Å². The van der Waals surface area contributed by atoms with E-state index in [-0.39, 0.29) is 23.4 Å². The number of imidazole rings is 1. The van der Waals surface area contributed by atoms with Gasteiger partial charge in [-0.2, -0.15) is 4.98 Å². The molecule has 2 aromatic heterocycles. The zero-order valence-corrected chi connectivity index (χ0v) is 21.2. The summed E-state index contributed by atoms with van der Waals surface area (Å²) in [6.45, 7) is -0.757. The number of nitrogen functional groups attached to an aromatic ring is 1. The third-order valence-electron chi connectivity index (χ3n) is 5.77. The number of fused-ring (bicyclic) bond motifs is 1. The van der Waals surface area contributed by atoms with Crippen molar-refractivity contribution in [2.75, 3.05) is 12.3 Å². The Hall–Kier alpha value is -2.29. The molecule has 22 heteroatoms. The molecule has 0 aliphatic carbocycles. The Labute approximate surface area is 217 Å². The average Bonchev–Trinajstić information content (AvgIpc) is 3.38. The minimum atomic E-state index is -5.35. The van der Waals surface area contributed by atoms with E-state index in [9.17, 15) is 49.1 Å². The maximum absolute atomic E-state index is 12.3. The number of nitrogens with one attached hydrogen (secondary N) is 1.